The first-order valence-corrected chi connectivity index (χ1v) is 13.2. The molecule has 0 aliphatic carbocycles. The first-order chi connectivity index (χ1) is 16.6. The standard InChI is InChI=1S/C10H22O.2C4F9.Sn/c1-3-5-7-9-11-10-8-6-4-2;2*5-1(6)2(7,8)3(9,10)4(11,12)13;/h3-10H2,1-2H3;;;. The van der Waals surface area contributed by atoms with Gasteiger partial charge in [-0.05, 0) is 12.8 Å². The van der Waals surface area contributed by atoms with E-state index in [4.69, 9.17) is 4.74 Å². The molecule has 0 aliphatic rings. The predicted molar refractivity (Wildman–Crippen MR) is 97.4 cm³/mol. The molecule has 0 amide bonds. The molecule has 0 saturated carbocycles. The third-order valence-corrected chi connectivity index (χ3v) is 7.97. The summed E-state index contributed by atoms with van der Waals surface area (Å²) < 4.78 is 214. The number of rotatable bonds is 14. The van der Waals surface area contributed by atoms with Crippen molar-refractivity contribution in [2.45, 2.75) is 96.3 Å². The van der Waals surface area contributed by atoms with Gasteiger partial charge < -0.3 is 4.74 Å². The number of hydrogen-bond donors (Lipinski definition) is 0. The van der Waals surface area contributed by atoms with Gasteiger partial charge in [-0.2, -0.15) is 0 Å². The Labute approximate surface area is 214 Å². The van der Waals surface area contributed by atoms with Crippen LogP contribution in [0.25, 0.3) is 0 Å². The maximum atomic E-state index is 12.9. The van der Waals surface area contributed by atoms with Gasteiger partial charge in [-0.25, -0.2) is 0 Å². The zero-order valence-corrected chi connectivity index (χ0v) is 22.2. The Hall–Kier alpha value is -0.501. The maximum absolute atomic E-state index is 12.9. The van der Waals surface area contributed by atoms with E-state index in [2.05, 4.69) is 13.8 Å². The second kappa shape index (κ2) is 13.9. The van der Waals surface area contributed by atoms with Crippen LogP contribution in [0.2, 0.25) is 0 Å². The van der Waals surface area contributed by atoms with Crippen LogP contribution in [-0.2, 0) is 4.74 Å². The molecule has 0 N–H and O–H groups in total. The molecule has 20 heteroatoms. The van der Waals surface area contributed by atoms with Crippen LogP contribution in [0.1, 0.15) is 52.4 Å². The van der Waals surface area contributed by atoms with Crippen molar-refractivity contribution in [3.05, 3.63) is 0 Å². The van der Waals surface area contributed by atoms with E-state index in [9.17, 15) is 79.0 Å². The van der Waals surface area contributed by atoms with Crippen molar-refractivity contribution in [1.82, 2.24) is 0 Å². The van der Waals surface area contributed by atoms with Crippen molar-refractivity contribution in [1.29, 1.82) is 0 Å². The third kappa shape index (κ3) is 9.27. The fourth-order valence-electron chi connectivity index (χ4n) is 2.11. The van der Waals surface area contributed by atoms with E-state index in [-0.39, 0.29) is 0 Å². The second-order valence-corrected chi connectivity index (χ2v) is 11.9. The summed E-state index contributed by atoms with van der Waals surface area (Å²) in [5.41, 5.74) is 0. The molecule has 0 heterocycles. The fourth-order valence-corrected chi connectivity index (χ4v) is 5.03. The van der Waals surface area contributed by atoms with Gasteiger partial charge in [-0.15, -0.1) is 0 Å². The van der Waals surface area contributed by atoms with Crippen LogP contribution in [0.3, 0.4) is 0 Å². The molecule has 0 saturated heterocycles. The normalized spacial score (nSPS) is 14.8. The molecule has 0 fully saturated rings. The Balaban J connectivity index is 0. The summed E-state index contributed by atoms with van der Waals surface area (Å²) in [4.78, 5) is 0. The molecule has 0 atom stereocenters. The molecule has 38 heavy (non-hydrogen) atoms. The minimum absolute atomic E-state index is 0.970. The Morgan fingerprint density at radius 1 is 0.421 bits per heavy atom. The van der Waals surface area contributed by atoms with Gasteiger partial charge in [0.15, 0.2) is 0 Å². The average Bonchev–Trinajstić information content (AvgIpc) is 2.70. The quantitative estimate of drug-likeness (QED) is 0.0993. The summed E-state index contributed by atoms with van der Waals surface area (Å²) in [6, 6.07) is 0. The molecule has 230 valence electrons. The molecule has 0 bridgehead atoms. The number of halogens is 18. The molecule has 0 aromatic rings. The van der Waals surface area contributed by atoms with Crippen LogP contribution in [0.5, 0.6) is 0 Å². The number of unbranched alkanes of at least 4 members (excludes halogenated alkanes) is 4. The van der Waals surface area contributed by atoms with Gasteiger partial charge in [0.05, 0.1) is 0 Å². The third-order valence-electron chi connectivity index (χ3n) is 4.39. The molecule has 0 rings (SSSR count). The zero-order chi connectivity index (χ0) is 31.1. The molecular weight excluding hydrogens is 693 g/mol. The molecule has 0 aromatic heterocycles. The minimum atomic E-state index is -7.85. The Kier molecular flexibility index (Phi) is 14.5. The van der Waals surface area contributed by atoms with Crippen molar-refractivity contribution in [3.8, 4) is 0 Å². The molecule has 0 aliphatic heterocycles. The van der Waals surface area contributed by atoms with Crippen LogP contribution in [0.4, 0.5) is 79.0 Å². The van der Waals surface area contributed by atoms with Crippen LogP contribution in [0, 0.1) is 0 Å². The summed E-state index contributed by atoms with van der Waals surface area (Å²) in [5.74, 6) is -31.3. The van der Waals surface area contributed by atoms with Gasteiger partial charge in [0, 0.05) is 13.2 Å². The molecule has 2 radical (unpaired) electrons. The number of ether oxygens (including phenoxy) is 1. The topological polar surface area (TPSA) is 9.23 Å². The van der Waals surface area contributed by atoms with Crippen molar-refractivity contribution >= 4 is 21.1 Å². The SMILES string of the molecule is CCCCCOCCCCC.FC(F)(F)C(F)(F)C(F)(F)[C](F)(F)[Sn][C](F)(F)C(F)(F)C(F)(F)C(F)(F)F. The van der Waals surface area contributed by atoms with Gasteiger partial charge in [0.2, 0.25) is 0 Å². The van der Waals surface area contributed by atoms with Crippen molar-refractivity contribution in [2.24, 2.45) is 0 Å². The van der Waals surface area contributed by atoms with Crippen LogP contribution in [-0.4, -0.2) is 78.3 Å². The van der Waals surface area contributed by atoms with Crippen molar-refractivity contribution < 1.29 is 83.8 Å². The van der Waals surface area contributed by atoms with E-state index < -0.39 is 65.1 Å². The molecule has 0 unspecified atom stereocenters. The predicted octanol–water partition coefficient (Wildman–Crippen LogP) is 8.93. The molecule has 0 aromatic carbocycles. The Morgan fingerprint density at radius 3 is 0.895 bits per heavy atom. The van der Waals surface area contributed by atoms with E-state index >= 15 is 0 Å². The monoisotopic (exact) mass is 716 g/mol. The fraction of sp³-hybridized carbons (Fsp3) is 1.00. The Morgan fingerprint density at radius 2 is 0.684 bits per heavy atom. The molecule has 0 spiro atoms. The van der Waals surface area contributed by atoms with Gasteiger partial charge in [-0.3, -0.25) is 0 Å². The van der Waals surface area contributed by atoms with E-state index in [0.717, 1.165) is 13.2 Å². The second-order valence-electron chi connectivity index (χ2n) is 7.59. The zero-order valence-electron chi connectivity index (χ0n) is 19.4. The van der Waals surface area contributed by atoms with Crippen LogP contribution in [0.15, 0.2) is 0 Å². The van der Waals surface area contributed by atoms with Gasteiger partial charge in [0.1, 0.15) is 0 Å². The van der Waals surface area contributed by atoms with E-state index in [0.29, 0.717) is 0 Å². The summed E-state index contributed by atoms with van der Waals surface area (Å²) >= 11 is -6.91. The van der Waals surface area contributed by atoms with Crippen molar-refractivity contribution in [3.63, 3.8) is 0 Å². The number of hydrogen-bond acceptors (Lipinski definition) is 1. The first-order valence-electron chi connectivity index (χ1n) is 10.4. The van der Waals surface area contributed by atoms with Gasteiger partial charge in [0.25, 0.3) is 0 Å². The average molecular weight is 715 g/mol. The van der Waals surface area contributed by atoms with Gasteiger partial charge in [-0.1, -0.05) is 39.5 Å². The van der Waals surface area contributed by atoms with E-state index in [1.165, 1.54) is 38.5 Å². The number of alkyl halides is 18. The summed E-state index contributed by atoms with van der Waals surface area (Å²) in [7, 11) is 0. The molecule has 1 nitrogen and oxygen atoms in total. The molecular formula is C18H22F18OSn. The van der Waals surface area contributed by atoms with Crippen molar-refractivity contribution in [2.75, 3.05) is 13.2 Å². The van der Waals surface area contributed by atoms with E-state index in [1.54, 1.807) is 0 Å². The summed E-state index contributed by atoms with van der Waals surface area (Å²) in [6.07, 6.45) is -7.39. The summed E-state index contributed by atoms with van der Waals surface area (Å²) in [5, 5.41) is 0. The van der Waals surface area contributed by atoms with Crippen LogP contribution < -0.4 is 0 Å². The van der Waals surface area contributed by atoms with E-state index in [1.807, 2.05) is 0 Å². The first kappa shape index (κ1) is 39.6. The van der Waals surface area contributed by atoms with Gasteiger partial charge >= 0.3 is 144 Å². The Bertz CT molecular complexity index is 630. The van der Waals surface area contributed by atoms with Crippen LogP contribution >= 0.6 is 0 Å². The summed E-state index contributed by atoms with van der Waals surface area (Å²) in [6.45, 7) is 6.38.